The van der Waals surface area contributed by atoms with Crippen molar-refractivity contribution in [2.75, 3.05) is 11.9 Å². The van der Waals surface area contributed by atoms with Crippen LogP contribution in [0.2, 0.25) is 0 Å². The number of hydrogen-bond acceptors (Lipinski definition) is 6. The third kappa shape index (κ3) is 2.62. The van der Waals surface area contributed by atoms with Gasteiger partial charge in [0.1, 0.15) is 11.5 Å². The number of aromatic nitrogens is 4. The zero-order valence-electron chi connectivity index (χ0n) is 14.4. The second kappa shape index (κ2) is 5.78. The van der Waals surface area contributed by atoms with Gasteiger partial charge in [-0.05, 0) is 31.2 Å². The summed E-state index contributed by atoms with van der Waals surface area (Å²) in [7, 11) is 0. The average Bonchev–Trinajstić information content (AvgIpc) is 3.35. The van der Waals surface area contributed by atoms with E-state index in [-0.39, 0.29) is 0 Å². The molecule has 5 rings (SSSR count). The summed E-state index contributed by atoms with van der Waals surface area (Å²) < 4.78 is 2.13. The van der Waals surface area contributed by atoms with Crippen LogP contribution in [0.4, 0.5) is 5.82 Å². The van der Waals surface area contributed by atoms with Gasteiger partial charge in [-0.1, -0.05) is 13.8 Å². The van der Waals surface area contributed by atoms with Crippen molar-refractivity contribution in [1.29, 1.82) is 0 Å². The Hall–Kier alpha value is -1.99. The van der Waals surface area contributed by atoms with Gasteiger partial charge in [0.25, 0.3) is 0 Å². The molecule has 2 aliphatic rings. The van der Waals surface area contributed by atoms with Crippen molar-refractivity contribution >= 4 is 22.1 Å². The number of anilines is 1. The first kappa shape index (κ1) is 15.3. The lowest BCUT2D eigenvalue weighted by Gasteiger charge is -2.24. The minimum absolute atomic E-state index is 0.461. The highest BCUT2D eigenvalue weighted by Gasteiger charge is 2.39. The fraction of sp³-hybridized carbons (Fsp3) is 0.500. The molecule has 1 saturated carbocycles. The molecule has 0 unspecified atom stereocenters. The predicted molar refractivity (Wildman–Crippen MR) is 100 cm³/mol. The Bertz CT molecular complexity index is 913. The van der Waals surface area contributed by atoms with E-state index in [0.29, 0.717) is 18.0 Å². The highest BCUT2D eigenvalue weighted by molar-refractivity contribution is 7.17. The normalized spacial score (nSPS) is 25.3. The van der Waals surface area contributed by atoms with Gasteiger partial charge < -0.3 is 10.6 Å². The average molecular weight is 354 g/mol. The van der Waals surface area contributed by atoms with Gasteiger partial charge in [0.15, 0.2) is 4.96 Å². The molecule has 7 heteroatoms. The maximum atomic E-state index is 4.81. The Morgan fingerprint density at radius 3 is 2.96 bits per heavy atom. The Morgan fingerprint density at radius 1 is 1.28 bits per heavy atom. The van der Waals surface area contributed by atoms with Crippen molar-refractivity contribution < 1.29 is 0 Å². The lowest BCUT2D eigenvalue weighted by molar-refractivity contribution is 0.465. The molecular weight excluding hydrogens is 332 g/mol. The molecule has 1 aliphatic carbocycles. The van der Waals surface area contributed by atoms with E-state index in [4.69, 9.17) is 4.98 Å². The molecule has 0 amide bonds. The zero-order valence-corrected chi connectivity index (χ0v) is 15.3. The lowest BCUT2D eigenvalue weighted by atomic mass is 10.1. The number of hydrogen-bond donors (Lipinski definition) is 2. The van der Waals surface area contributed by atoms with Crippen LogP contribution in [0.15, 0.2) is 24.8 Å². The van der Waals surface area contributed by atoms with E-state index >= 15 is 0 Å². The van der Waals surface area contributed by atoms with Gasteiger partial charge >= 0.3 is 0 Å². The van der Waals surface area contributed by atoms with E-state index < -0.39 is 0 Å². The van der Waals surface area contributed by atoms with E-state index in [1.54, 1.807) is 11.3 Å². The van der Waals surface area contributed by atoms with E-state index in [1.807, 2.05) is 18.6 Å². The molecule has 1 saturated heterocycles. The number of piperidine rings is 1. The van der Waals surface area contributed by atoms with Crippen LogP contribution >= 0.6 is 11.3 Å². The molecule has 3 aromatic heterocycles. The molecule has 3 aromatic rings. The van der Waals surface area contributed by atoms with Crippen LogP contribution in [0.25, 0.3) is 16.3 Å². The van der Waals surface area contributed by atoms with Gasteiger partial charge in [0, 0.05) is 23.2 Å². The number of imidazole rings is 1. The third-order valence-corrected chi connectivity index (χ3v) is 6.65. The van der Waals surface area contributed by atoms with Crippen LogP contribution in [-0.2, 0) is 0 Å². The van der Waals surface area contributed by atoms with Crippen molar-refractivity contribution in [3.63, 3.8) is 0 Å². The minimum Gasteiger partial charge on any atom is -0.364 e. The molecule has 1 aliphatic heterocycles. The highest BCUT2D eigenvalue weighted by Crippen LogP contribution is 2.33. The van der Waals surface area contributed by atoms with Crippen LogP contribution in [0.5, 0.6) is 0 Å². The number of rotatable bonds is 4. The second-order valence-electron chi connectivity index (χ2n) is 7.48. The SMILES string of the molecule is CC(C)c1cn2c(-c3cncc(N[C@@H]4C[C@H]5CN[C@@H]4C5)n3)cnc2s1. The van der Waals surface area contributed by atoms with E-state index in [2.05, 4.69) is 45.0 Å². The summed E-state index contributed by atoms with van der Waals surface area (Å²) in [5, 5.41) is 7.17. The molecule has 2 fully saturated rings. The fourth-order valence-corrected chi connectivity index (χ4v) is 4.98. The van der Waals surface area contributed by atoms with Gasteiger partial charge in [-0.25, -0.2) is 9.97 Å². The summed E-state index contributed by atoms with van der Waals surface area (Å²) >= 11 is 1.74. The summed E-state index contributed by atoms with van der Waals surface area (Å²) in [4.78, 5) is 16.1. The first-order chi connectivity index (χ1) is 12.2. The number of nitrogens with one attached hydrogen (secondary N) is 2. The zero-order chi connectivity index (χ0) is 17.0. The molecule has 2 N–H and O–H groups in total. The van der Waals surface area contributed by atoms with Crippen molar-refractivity contribution in [1.82, 2.24) is 24.7 Å². The topological polar surface area (TPSA) is 67.1 Å². The molecular formula is C18H22N6S. The van der Waals surface area contributed by atoms with Crippen molar-refractivity contribution in [3.8, 4) is 11.4 Å². The van der Waals surface area contributed by atoms with Gasteiger partial charge in [-0.3, -0.25) is 9.38 Å². The van der Waals surface area contributed by atoms with E-state index in [9.17, 15) is 0 Å². The molecule has 0 aromatic carbocycles. The first-order valence-electron chi connectivity index (χ1n) is 8.96. The molecule has 0 spiro atoms. The molecule has 6 nitrogen and oxygen atoms in total. The van der Waals surface area contributed by atoms with Crippen LogP contribution in [-0.4, -0.2) is 38.0 Å². The predicted octanol–water partition coefficient (Wildman–Crippen LogP) is 3.14. The second-order valence-corrected chi connectivity index (χ2v) is 8.52. The van der Waals surface area contributed by atoms with Gasteiger partial charge in [0.2, 0.25) is 0 Å². The Balaban J connectivity index is 1.44. The molecule has 4 heterocycles. The molecule has 25 heavy (non-hydrogen) atoms. The summed E-state index contributed by atoms with van der Waals surface area (Å²) in [5.41, 5.74) is 1.86. The Kier molecular flexibility index (Phi) is 3.53. The van der Waals surface area contributed by atoms with Gasteiger partial charge in [-0.2, -0.15) is 0 Å². The Morgan fingerprint density at radius 2 is 2.20 bits per heavy atom. The van der Waals surface area contributed by atoms with E-state index in [0.717, 1.165) is 28.1 Å². The highest BCUT2D eigenvalue weighted by atomic mass is 32.1. The molecule has 3 atom stereocenters. The summed E-state index contributed by atoms with van der Waals surface area (Å²) in [6.45, 7) is 5.58. The number of nitrogens with zero attached hydrogens (tertiary/aromatic N) is 4. The number of thiazole rings is 1. The van der Waals surface area contributed by atoms with Crippen molar-refractivity contribution in [3.05, 3.63) is 29.7 Å². The quantitative estimate of drug-likeness (QED) is 0.753. The van der Waals surface area contributed by atoms with Crippen LogP contribution < -0.4 is 10.6 Å². The van der Waals surface area contributed by atoms with Crippen LogP contribution in [0.1, 0.15) is 37.5 Å². The standard InChI is InChI=1S/C18H22N6S/c1-10(2)16-9-24-15(7-21-18(24)25-16)14-6-19-8-17(23-14)22-13-4-11-3-12(13)20-5-11/h6-13,20H,3-5H2,1-2H3,(H,22,23)/t11-,12+,13+/m0/s1. The monoisotopic (exact) mass is 354 g/mol. The third-order valence-electron chi connectivity index (χ3n) is 5.36. The summed E-state index contributed by atoms with van der Waals surface area (Å²) in [5.74, 6) is 2.17. The first-order valence-corrected chi connectivity index (χ1v) is 9.78. The summed E-state index contributed by atoms with van der Waals surface area (Å²) in [6.07, 6.45) is 10.2. The smallest absolute Gasteiger partial charge is 0.194 e. The van der Waals surface area contributed by atoms with Crippen LogP contribution in [0, 0.1) is 5.92 Å². The Labute approximate surface area is 150 Å². The van der Waals surface area contributed by atoms with E-state index in [1.165, 1.54) is 24.3 Å². The summed E-state index contributed by atoms with van der Waals surface area (Å²) in [6, 6.07) is 1.03. The lowest BCUT2D eigenvalue weighted by Crippen LogP contribution is -2.41. The molecule has 0 radical (unpaired) electrons. The minimum atomic E-state index is 0.461. The maximum Gasteiger partial charge on any atom is 0.194 e. The largest absolute Gasteiger partial charge is 0.364 e. The molecule has 130 valence electrons. The van der Waals surface area contributed by atoms with Gasteiger partial charge in [0.05, 0.1) is 24.3 Å². The van der Waals surface area contributed by atoms with Crippen LogP contribution in [0.3, 0.4) is 0 Å². The fourth-order valence-electron chi connectivity index (χ4n) is 4.02. The maximum absolute atomic E-state index is 4.81. The molecule has 2 bridgehead atoms. The van der Waals surface area contributed by atoms with Crippen molar-refractivity contribution in [2.45, 2.75) is 44.7 Å². The van der Waals surface area contributed by atoms with Gasteiger partial charge in [-0.15, -0.1) is 11.3 Å². The van der Waals surface area contributed by atoms with Crippen molar-refractivity contribution in [2.24, 2.45) is 5.92 Å². The number of fused-ring (bicyclic) bond motifs is 3.